The lowest BCUT2D eigenvalue weighted by atomic mass is 10.3. The van der Waals surface area contributed by atoms with E-state index in [9.17, 15) is 4.79 Å². The molecule has 54 valence electrons. The van der Waals surface area contributed by atoms with Gasteiger partial charge in [-0.25, -0.2) is 0 Å². The Morgan fingerprint density at radius 2 is 1.89 bits per heavy atom. The molecule has 0 aromatic carbocycles. The lowest BCUT2D eigenvalue weighted by Crippen LogP contribution is -2.03. The summed E-state index contributed by atoms with van der Waals surface area (Å²) in [7, 11) is 0. The second-order valence-electron chi connectivity index (χ2n) is 1.51. The van der Waals surface area contributed by atoms with Crippen molar-refractivity contribution in [1.82, 2.24) is 0 Å². The van der Waals surface area contributed by atoms with E-state index < -0.39 is 5.97 Å². The molecular weight excluding hydrogens is 461 g/mol. The van der Waals surface area contributed by atoms with Crippen LogP contribution in [0.25, 0.3) is 0 Å². The molecule has 0 bridgehead atoms. The van der Waals surface area contributed by atoms with E-state index in [1.807, 2.05) is 0 Å². The van der Waals surface area contributed by atoms with Crippen molar-refractivity contribution in [1.29, 1.82) is 0 Å². The van der Waals surface area contributed by atoms with Gasteiger partial charge >= 0.3 is 5.97 Å². The maximum atomic E-state index is 10.0. The molecule has 0 aromatic rings. The highest BCUT2D eigenvalue weighted by atomic mass is 127. The van der Waals surface area contributed by atoms with E-state index in [-0.39, 0.29) is 5.86 Å². The molecule has 0 aliphatic carbocycles. The molecule has 0 radical (unpaired) electrons. The van der Waals surface area contributed by atoms with E-state index in [0.29, 0.717) is 6.42 Å². The number of carboxylic acids is 1. The third-order valence-corrected chi connectivity index (χ3v) is 2.24. The van der Waals surface area contributed by atoms with Crippen molar-refractivity contribution in [3.05, 3.63) is 0 Å². The van der Waals surface area contributed by atoms with Gasteiger partial charge in [0.1, 0.15) is -0.565 Å². The average molecular weight is 466 g/mol. The number of aliphatic carboxylic acids is 1. The van der Waals surface area contributed by atoms with Crippen molar-refractivity contribution in [2.24, 2.45) is 0 Å². The highest BCUT2D eigenvalue weighted by molar-refractivity contribution is 14.3. The van der Waals surface area contributed by atoms with Crippen molar-refractivity contribution in [3.63, 3.8) is 0 Å². The highest BCUT2D eigenvalue weighted by Crippen LogP contribution is 2.39. The standard InChI is InChI=1S/C4H5I3O2/c5-4(6,7)2-1-3(8)9/h1-2H2,(H,8,9). The van der Waals surface area contributed by atoms with Gasteiger partial charge in [0.15, 0.2) is 0 Å². The first-order valence-corrected chi connectivity index (χ1v) is 5.44. The zero-order valence-corrected chi connectivity index (χ0v) is 10.9. The van der Waals surface area contributed by atoms with Crippen LogP contribution in [0.3, 0.4) is 0 Å². The predicted octanol–water partition coefficient (Wildman–Crippen LogP) is 2.81. The SMILES string of the molecule is O=C(O)CCC(I)(I)I. The number of alkyl halides is 3. The fraction of sp³-hybridized carbons (Fsp3) is 0.750. The average Bonchev–Trinajstić information content (AvgIpc) is 1.59. The first kappa shape index (κ1) is 10.7. The van der Waals surface area contributed by atoms with Crippen LogP contribution in [-0.2, 0) is 4.79 Å². The number of hydrogen-bond donors (Lipinski definition) is 1. The number of carboxylic acid groups (broad SMARTS) is 1. The number of halogens is 3. The van der Waals surface area contributed by atoms with E-state index in [1.165, 1.54) is 0 Å². The summed E-state index contributed by atoms with van der Waals surface area (Å²) in [4.78, 5) is 10.0. The molecule has 0 amide bonds. The summed E-state index contributed by atoms with van der Waals surface area (Å²) in [6.45, 7) is 0. The summed E-state index contributed by atoms with van der Waals surface area (Å²) in [5.41, 5.74) is 0. The quantitative estimate of drug-likeness (QED) is 0.514. The number of hydrogen-bond acceptors (Lipinski definition) is 1. The summed E-state index contributed by atoms with van der Waals surface area (Å²) < 4.78 is 0.0612. The van der Waals surface area contributed by atoms with E-state index in [1.54, 1.807) is 0 Å². The Labute approximate surface area is 94.6 Å². The normalized spacial score (nSPS) is 11.4. The van der Waals surface area contributed by atoms with Crippen LogP contribution in [0.15, 0.2) is 0 Å². The van der Waals surface area contributed by atoms with Crippen LogP contribution < -0.4 is 0 Å². The van der Waals surface area contributed by atoms with Crippen molar-refractivity contribution in [2.45, 2.75) is 12.3 Å². The summed E-state index contributed by atoms with van der Waals surface area (Å²) >= 11 is 6.66. The van der Waals surface area contributed by atoms with Gasteiger partial charge in [0.25, 0.3) is 0 Å². The first-order valence-electron chi connectivity index (χ1n) is 2.20. The van der Waals surface area contributed by atoms with E-state index in [0.717, 1.165) is 0 Å². The maximum Gasteiger partial charge on any atom is 0.303 e. The molecule has 0 spiro atoms. The molecule has 0 heterocycles. The highest BCUT2D eigenvalue weighted by Gasteiger charge is 2.17. The van der Waals surface area contributed by atoms with Crippen LogP contribution in [0.1, 0.15) is 12.8 Å². The van der Waals surface area contributed by atoms with Gasteiger partial charge in [-0.1, -0.05) is 67.8 Å². The molecule has 0 unspecified atom stereocenters. The molecule has 0 rings (SSSR count). The Morgan fingerprint density at radius 1 is 1.44 bits per heavy atom. The van der Waals surface area contributed by atoms with Crippen LogP contribution in [0.2, 0.25) is 0 Å². The lowest BCUT2D eigenvalue weighted by molar-refractivity contribution is -0.137. The minimum absolute atomic E-state index is 0.0612. The smallest absolute Gasteiger partial charge is 0.303 e. The van der Waals surface area contributed by atoms with Crippen LogP contribution >= 0.6 is 67.8 Å². The fourth-order valence-electron chi connectivity index (χ4n) is 0.249. The second kappa shape index (κ2) is 4.52. The largest absolute Gasteiger partial charge is 0.481 e. The van der Waals surface area contributed by atoms with Gasteiger partial charge < -0.3 is 5.11 Å². The number of carbonyl (C=O) groups is 1. The van der Waals surface area contributed by atoms with E-state index in [2.05, 4.69) is 67.8 Å². The van der Waals surface area contributed by atoms with Gasteiger partial charge in [-0.3, -0.25) is 4.79 Å². The van der Waals surface area contributed by atoms with Crippen LogP contribution in [-0.4, -0.2) is 10.5 Å². The van der Waals surface area contributed by atoms with Gasteiger partial charge in [0, 0.05) is 6.42 Å². The van der Waals surface area contributed by atoms with Crippen molar-refractivity contribution in [2.75, 3.05) is 0 Å². The molecule has 9 heavy (non-hydrogen) atoms. The molecular formula is C4H5I3O2. The van der Waals surface area contributed by atoms with Gasteiger partial charge in [0.2, 0.25) is 0 Å². The topological polar surface area (TPSA) is 37.3 Å². The molecule has 1 N–H and O–H groups in total. The van der Waals surface area contributed by atoms with Crippen LogP contribution in [0, 0.1) is 0 Å². The predicted molar refractivity (Wildman–Crippen MR) is 61.7 cm³/mol. The van der Waals surface area contributed by atoms with Crippen molar-refractivity contribution in [3.8, 4) is 0 Å². The van der Waals surface area contributed by atoms with Gasteiger partial charge in [-0.05, 0) is 6.42 Å². The zero-order valence-electron chi connectivity index (χ0n) is 4.40. The summed E-state index contributed by atoms with van der Waals surface area (Å²) in [6, 6.07) is 0. The third-order valence-electron chi connectivity index (χ3n) is 0.622. The molecule has 0 aromatic heterocycles. The van der Waals surface area contributed by atoms with Crippen molar-refractivity contribution < 1.29 is 9.90 Å². The minimum Gasteiger partial charge on any atom is -0.481 e. The maximum absolute atomic E-state index is 10.0. The fourth-order valence-corrected chi connectivity index (χ4v) is 1.06. The lowest BCUT2D eigenvalue weighted by Gasteiger charge is -2.08. The Balaban J connectivity index is 3.39. The summed E-state index contributed by atoms with van der Waals surface area (Å²) in [5, 5.41) is 8.27. The Bertz CT molecular complexity index is 107. The Kier molecular flexibility index (Phi) is 5.35. The van der Waals surface area contributed by atoms with E-state index >= 15 is 0 Å². The van der Waals surface area contributed by atoms with Crippen LogP contribution in [0.4, 0.5) is 0 Å². The Morgan fingerprint density at radius 3 is 2.00 bits per heavy atom. The first-order chi connectivity index (χ1) is 3.92. The number of rotatable bonds is 3. The molecule has 0 saturated heterocycles. The third kappa shape index (κ3) is 9.66. The van der Waals surface area contributed by atoms with Crippen molar-refractivity contribution >= 4 is 73.7 Å². The molecule has 2 nitrogen and oxygen atoms in total. The second-order valence-corrected chi connectivity index (χ2v) is 13.2. The minimum atomic E-state index is -0.718. The zero-order chi connectivity index (χ0) is 7.49. The van der Waals surface area contributed by atoms with E-state index in [4.69, 9.17) is 5.11 Å². The molecule has 0 saturated carbocycles. The molecule has 0 fully saturated rings. The van der Waals surface area contributed by atoms with Crippen LogP contribution in [0.5, 0.6) is 0 Å². The molecule has 0 atom stereocenters. The monoisotopic (exact) mass is 466 g/mol. The summed E-state index contributed by atoms with van der Waals surface area (Å²) in [6.07, 6.45) is 0.971. The van der Waals surface area contributed by atoms with Gasteiger partial charge in [0.05, 0.1) is 0 Å². The molecule has 0 aliphatic rings. The molecule has 0 aliphatic heterocycles. The summed E-state index contributed by atoms with van der Waals surface area (Å²) in [5.74, 6) is -0.718. The Hall–Kier alpha value is 1.66. The van der Waals surface area contributed by atoms with Gasteiger partial charge in [-0.2, -0.15) is 0 Å². The molecule has 5 heteroatoms. The van der Waals surface area contributed by atoms with Gasteiger partial charge in [-0.15, -0.1) is 0 Å².